The lowest BCUT2D eigenvalue weighted by Gasteiger charge is -2.17. The summed E-state index contributed by atoms with van der Waals surface area (Å²) < 4.78 is 29.6. The lowest BCUT2D eigenvalue weighted by atomic mass is 10.1. The third kappa shape index (κ3) is 6.03. The fraction of sp³-hybridized carbons (Fsp3) is 0.600. The standard InChI is InChI=1S/C15H26N2O3S/c1-5-17(21(4,18)19)10-6-9-16-12-14-7-8-15(20-3)13(2)11-14/h7-8,11,16H,5-6,9-10,12H2,1-4H3. The van der Waals surface area contributed by atoms with Gasteiger partial charge in [-0.25, -0.2) is 12.7 Å². The number of sulfonamides is 1. The molecule has 0 amide bonds. The highest BCUT2D eigenvalue weighted by atomic mass is 32.2. The maximum Gasteiger partial charge on any atom is 0.211 e. The largest absolute Gasteiger partial charge is 0.496 e. The number of nitrogens with zero attached hydrogens (tertiary/aromatic N) is 1. The van der Waals surface area contributed by atoms with Crippen LogP contribution in [-0.2, 0) is 16.6 Å². The van der Waals surface area contributed by atoms with Crippen LogP contribution in [0.25, 0.3) is 0 Å². The number of rotatable bonds is 9. The van der Waals surface area contributed by atoms with Gasteiger partial charge < -0.3 is 10.1 Å². The third-order valence-corrected chi connectivity index (χ3v) is 4.75. The molecule has 120 valence electrons. The van der Waals surface area contributed by atoms with Crippen molar-refractivity contribution in [2.24, 2.45) is 0 Å². The molecular weight excluding hydrogens is 288 g/mol. The van der Waals surface area contributed by atoms with Crippen molar-refractivity contribution in [1.82, 2.24) is 9.62 Å². The summed E-state index contributed by atoms with van der Waals surface area (Å²) >= 11 is 0. The SMILES string of the molecule is CCN(CCCNCc1ccc(OC)c(C)c1)S(C)(=O)=O. The first-order valence-electron chi connectivity index (χ1n) is 7.17. The van der Waals surface area contributed by atoms with Gasteiger partial charge in [-0.3, -0.25) is 0 Å². The fourth-order valence-electron chi connectivity index (χ4n) is 2.22. The molecule has 0 heterocycles. The highest BCUT2D eigenvalue weighted by Crippen LogP contribution is 2.18. The Bertz CT molecular complexity index is 544. The van der Waals surface area contributed by atoms with Crippen LogP contribution in [-0.4, -0.2) is 45.7 Å². The second-order valence-corrected chi connectivity index (χ2v) is 7.07. The Balaban J connectivity index is 2.33. The highest BCUT2D eigenvalue weighted by molar-refractivity contribution is 7.88. The maximum absolute atomic E-state index is 11.4. The second-order valence-electron chi connectivity index (χ2n) is 5.09. The molecule has 0 saturated heterocycles. The number of methoxy groups -OCH3 is 1. The molecule has 0 atom stereocenters. The fourth-order valence-corrected chi connectivity index (χ4v) is 3.15. The summed E-state index contributed by atoms with van der Waals surface area (Å²) in [6.07, 6.45) is 2.06. The van der Waals surface area contributed by atoms with Crippen molar-refractivity contribution >= 4 is 10.0 Å². The molecule has 0 radical (unpaired) electrons. The minimum absolute atomic E-state index is 0.524. The van der Waals surface area contributed by atoms with Gasteiger partial charge >= 0.3 is 0 Å². The lowest BCUT2D eigenvalue weighted by Crippen LogP contribution is -2.32. The van der Waals surface area contributed by atoms with E-state index >= 15 is 0 Å². The van der Waals surface area contributed by atoms with Gasteiger partial charge in [-0.2, -0.15) is 0 Å². The van der Waals surface area contributed by atoms with E-state index in [4.69, 9.17) is 4.74 Å². The first-order chi connectivity index (χ1) is 9.88. The Morgan fingerprint density at radius 2 is 2.05 bits per heavy atom. The first kappa shape index (κ1) is 17.9. The molecule has 0 unspecified atom stereocenters. The molecule has 0 aromatic heterocycles. The van der Waals surface area contributed by atoms with E-state index in [0.717, 1.165) is 30.8 Å². The normalized spacial score (nSPS) is 11.9. The molecule has 0 aliphatic heterocycles. The molecule has 0 bridgehead atoms. The van der Waals surface area contributed by atoms with Crippen LogP contribution in [0.5, 0.6) is 5.75 Å². The first-order valence-corrected chi connectivity index (χ1v) is 9.02. The van der Waals surface area contributed by atoms with E-state index in [2.05, 4.69) is 11.4 Å². The van der Waals surface area contributed by atoms with Crippen LogP contribution in [0.2, 0.25) is 0 Å². The van der Waals surface area contributed by atoms with Crippen LogP contribution in [0, 0.1) is 6.92 Å². The Labute approximate surface area is 128 Å². The zero-order valence-electron chi connectivity index (χ0n) is 13.3. The van der Waals surface area contributed by atoms with Crippen molar-refractivity contribution in [3.05, 3.63) is 29.3 Å². The number of hydrogen-bond acceptors (Lipinski definition) is 4. The molecule has 1 aromatic rings. The van der Waals surface area contributed by atoms with Crippen LogP contribution < -0.4 is 10.1 Å². The number of benzene rings is 1. The molecule has 1 aromatic carbocycles. The van der Waals surface area contributed by atoms with Gasteiger partial charge in [0.1, 0.15) is 5.75 Å². The molecular formula is C15H26N2O3S. The van der Waals surface area contributed by atoms with Crippen molar-refractivity contribution in [2.75, 3.05) is 33.0 Å². The molecule has 0 fully saturated rings. The smallest absolute Gasteiger partial charge is 0.211 e. The van der Waals surface area contributed by atoms with Gasteiger partial charge in [0, 0.05) is 19.6 Å². The summed E-state index contributed by atoms with van der Waals surface area (Å²) in [5.41, 5.74) is 2.31. The van der Waals surface area contributed by atoms with Crippen molar-refractivity contribution in [3.63, 3.8) is 0 Å². The molecule has 1 N–H and O–H groups in total. The third-order valence-electron chi connectivity index (χ3n) is 3.37. The summed E-state index contributed by atoms with van der Waals surface area (Å²) in [6, 6.07) is 6.10. The second kappa shape index (κ2) is 8.36. The summed E-state index contributed by atoms with van der Waals surface area (Å²) in [4.78, 5) is 0. The predicted octanol–water partition coefficient (Wildman–Crippen LogP) is 1.76. The van der Waals surface area contributed by atoms with Crippen molar-refractivity contribution in [2.45, 2.75) is 26.8 Å². The zero-order valence-corrected chi connectivity index (χ0v) is 14.2. The number of nitrogens with one attached hydrogen (secondary N) is 1. The van der Waals surface area contributed by atoms with Crippen molar-refractivity contribution in [3.8, 4) is 5.75 Å². The lowest BCUT2D eigenvalue weighted by molar-refractivity contribution is 0.411. The Morgan fingerprint density at radius 1 is 1.33 bits per heavy atom. The molecule has 6 heteroatoms. The van der Waals surface area contributed by atoms with Gasteiger partial charge in [-0.05, 0) is 37.1 Å². The Kier molecular flexibility index (Phi) is 7.14. The van der Waals surface area contributed by atoms with Gasteiger partial charge in [0.05, 0.1) is 13.4 Å². The molecule has 21 heavy (non-hydrogen) atoms. The van der Waals surface area contributed by atoms with E-state index in [9.17, 15) is 8.42 Å². The van der Waals surface area contributed by atoms with Gasteiger partial charge in [-0.15, -0.1) is 0 Å². The van der Waals surface area contributed by atoms with Crippen molar-refractivity contribution < 1.29 is 13.2 Å². The van der Waals surface area contributed by atoms with Gasteiger partial charge in [0.25, 0.3) is 0 Å². The average molecular weight is 314 g/mol. The summed E-state index contributed by atoms with van der Waals surface area (Å²) in [5.74, 6) is 0.894. The van der Waals surface area contributed by atoms with Crippen molar-refractivity contribution in [1.29, 1.82) is 0 Å². The van der Waals surface area contributed by atoms with Gasteiger partial charge in [0.2, 0.25) is 10.0 Å². The van der Waals surface area contributed by atoms with E-state index in [1.165, 1.54) is 16.1 Å². The summed E-state index contributed by atoms with van der Waals surface area (Å²) in [6.45, 7) is 6.52. The Hall–Kier alpha value is -1.11. The van der Waals surface area contributed by atoms with Crippen LogP contribution in [0.3, 0.4) is 0 Å². The molecule has 0 saturated carbocycles. The molecule has 5 nitrogen and oxygen atoms in total. The number of hydrogen-bond donors (Lipinski definition) is 1. The van der Waals surface area contributed by atoms with E-state index in [1.54, 1.807) is 7.11 Å². The molecule has 0 aliphatic carbocycles. The van der Waals surface area contributed by atoms with Crippen LogP contribution in [0.15, 0.2) is 18.2 Å². The topological polar surface area (TPSA) is 58.6 Å². The van der Waals surface area contributed by atoms with Crippen LogP contribution in [0.1, 0.15) is 24.5 Å². The van der Waals surface area contributed by atoms with Crippen LogP contribution in [0.4, 0.5) is 0 Å². The summed E-state index contributed by atoms with van der Waals surface area (Å²) in [5, 5.41) is 3.33. The number of aryl methyl sites for hydroxylation is 1. The highest BCUT2D eigenvalue weighted by Gasteiger charge is 2.12. The van der Waals surface area contributed by atoms with E-state index in [0.29, 0.717) is 13.1 Å². The quantitative estimate of drug-likeness (QED) is 0.706. The maximum atomic E-state index is 11.4. The predicted molar refractivity (Wildman–Crippen MR) is 86.1 cm³/mol. The van der Waals surface area contributed by atoms with E-state index in [1.807, 2.05) is 26.0 Å². The van der Waals surface area contributed by atoms with E-state index in [-0.39, 0.29) is 0 Å². The summed E-state index contributed by atoms with van der Waals surface area (Å²) in [7, 11) is -1.41. The van der Waals surface area contributed by atoms with Crippen LogP contribution >= 0.6 is 0 Å². The van der Waals surface area contributed by atoms with E-state index < -0.39 is 10.0 Å². The number of ether oxygens (including phenoxy) is 1. The van der Waals surface area contributed by atoms with Gasteiger partial charge in [-0.1, -0.05) is 19.1 Å². The minimum atomic E-state index is -3.08. The average Bonchev–Trinajstić information content (AvgIpc) is 2.41. The zero-order chi connectivity index (χ0) is 15.9. The van der Waals surface area contributed by atoms with Gasteiger partial charge in [0.15, 0.2) is 0 Å². The molecule has 0 spiro atoms. The Morgan fingerprint density at radius 3 is 2.57 bits per heavy atom. The molecule has 0 aliphatic rings. The minimum Gasteiger partial charge on any atom is -0.496 e. The monoisotopic (exact) mass is 314 g/mol. The molecule has 1 rings (SSSR count).